The second-order valence-electron chi connectivity index (χ2n) is 5.20. The minimum Gasteiger partial charge on any atom is -0.461 e. The first-order valence-corrected chi connectivity index (χ1v) is 7.27. The van der Waals surface area contributed by atoms with E-state index in [2.05, 4.69) is 15.6 Å². The van der Waals surface area contributed by atoms with E-state index in [1.807, 2.05) is 0 Å². The molecule has 9 nitrogen and oxygen atoms in total. The summed E-state index contributed by atoms with van der Waals surface area (Å²) in [6.45, 7) is -0.368. The zero-order valence-electron chi connectivity index (χ0n) is 13.3. The maximum atomic E-state index is 12.7. The minimum absolute atomic E-state index is 0.0410. The van der Waals surface area contributed by atoms with E-state index in [0.717, 1.165) is 7.05 Å². The average molecular weight is 371 g/mol. The van der Waals surface area contributed by atoms with Crippen molar-refractivity contribution in [2.75, 3.05) is 6.54 Å². The van der Waals surface area contributed by atoms with Gasteiger partial charge in [0.15, 0.2) is 11.5 Å². The quantitative estimate of drug-likeness (QED) is 0.724. The number of aromatic nitrogens is 4. The van der Waals surface area contributed by atoms with Crippen molar-refractivity contribution < 1.29 is 26.9 Å². The van der Waals surface area contributed by atoms with E-state index < -0.39 is 23.6 Å². The van der Waals surface area contributed by atoms with Crippen LogP contribution in [0.5, 0.6) is 0 Å². The Hall–Kier alpha value is -3.31. The van der Waals surface area contributed by atoms with Gasteiger partial charge in [-0.05, 0) is 12.1 Å². The summed E-state index contributed by atoms with van der Waals surface area (Å²) in [5, 5.41) is 9.23. The number of furan rings is 1. The van der Waals surface area contributed by atoms with E-state index in [4.69, 9.17) is 8.94 Å². The molecule has 0 aliphatic rings. The summed E-state index contributed by atoms with van der Waals surface area (Å²) >= 11 is 0. The van der Waals surface area contributed by atoms with Gasteiger partial charge in [0.25, 0.3) is 5.91 Å². The van der Waals surface area contributed by atoms with Gasteiger partial charge in [0.2, 0.25) is 11.6 Å². The topological polar surface area (TPSA) is 108 Å². The van der Waals surface area contributed by atoms with Crippen LogP contribution in [0.15, 0.2) is 38.2 Å². The fraction of sp³-hybridized carbons (Fsp3) is 0.286. The highest BCUT2D eigenvalue weighted by Gasteiger charge is 2.37. The van der Waals surface area contributed by atoms with Gasteiger partial charge in [0.1, 0.15) is 0 Å². The second-order valence-corrected chi connectivity index (χ2v) is 5.20. The smallest absolute Gasteiger partial charge is 0.451 e. The Morgan fingerprint density at radius 2 is 2.12 bits per heavy atom. The minimum atomic E-state index is -4.74. The molecule has 1 amide bonds. The lowest BCUT2D eigenvalue weighted by Crippen LogP contribution is -2.32. The van der Waals surface area contributed by atoms with Gasteiger partial charge in [0, 0.05) is 19.7 Å². The third-order valence-corrected chi connectivity index (χ3v) is 3.41. The molecule has 0 atom stereocenters. The van der Waals surface area contributed by atoms with Gasteiger partial charge in [-0.15, -0.1) is 5.10 Å². The highest BCUT2D eigenvalue weighted by molar-refractivity contribution is 5.92. The van der Waals surface area contributed by atoms with Crippen LogP contribution in [0.4, 0.5) is 13.2 Å². The number of hydrogen-bond donors (Lipinski definition) is 1. The van der Waals surface area contributed by atoms with Crippen molar-refractivity contribution in [3.8, 4) is 11.5 Å². The molecular weight excluding hydrogens is 359 g/mol. The van der Waals surface area contributed by atoms with Crippen LogP contribution in [0.3, 0.4) is 0 Å². The molecule has 0 saturated heterocycles. The van der Waals surface area contributed by atoms with Crippen LogP contribution in [0.25, 0.3) is 11.5 Å². The number of amides is 1. The molecule has 3 aromatic rings. The highest BCUT2D eigenvalue weighted by atomic mass is 19.4. The van der Waals surface area contributed by atoms with Gasteiger partial charge in [-0.25, -0.2) is 9.48 Å². The lowest BCUT2D eigenvalue weighted by molar-refractivity contribution is -0.147. The summed E-state index contributed by atoms with van der Waals surface area (Å²) in [5.41, 5.74) is -0.978. The molecule has 0 bridgehead atoms. The number of halogens is 3. The predicted molar refractivity (Wildman–Crippen MR) is 79.0 cm³/mol. The number of carbonyl (C=O) groups excluding carboxylic acids is 1. The number of alkyl halides is 3. The Morgan fingerprint density at radius 3 is 2.73 bits per heavy atom. The fourth-order valence-electron chi connectivity index (χ4n) is 2.16. The number of nitrogens with zero attached hydrogens (tertiary/aromatic N) is 4. The molecule has 3 aromatic heterocycles. The molecule has 12 heteroatoms. The Labute approximate surface area is 143 Å². The van der Waals surface area contributed by atoms with Gasteiger partial charge >= 0.3 is 11.9 Å². The molecule has 3 heterocycles. The normalized spacial score (nSPS) is 11.7. The maximum absolute atomic E-state index is 12.7. The van der Waals surface area contributed by atoms with Gasteiger partial charge in [-0.2, -0.15) is 13.2 Å². The molecule has 0 unspecified atom stereocenters. The van der Waals surface area contributed by atoms with E-state index in [1.165, 1.54) is 12.3 Å². The summed E-state index contributed by atoms with van der Waals surface area (Å²) in [5.74, 6) is -1.30. The molecule has 1 N–H and O–H groups in total. The van der Waals surface area contributed by atoms with Gasteiger partial charge in [0.05, 0.1) is 12.8 Å². The first kappa shape index (κ1) is 17.5. The van der Waals surface area contributed by atoms with Crippen molar-refractivity contribution in [1.82, 2.24) is 24.8 Å². The largest absolute Gasteiger partial charge is 0.461 e. The lowest BCUT2D eigenvalue weighted by atomic mass is 10.3. The maximum Gasteiger partial charge on any atom is 0.451 e. The lowest BCUT2D eigenvalue weighted by Gasteiger charge is -2.03. The van der Waals surface area contributed by atoms with Gasteiger partial charge in [-0.3, -0.25) is 9.36 Å². The fourth-order valence-corrected chi connectivity index (χ4v) is 2.16. The monoisotopic (exact) mass is 371 g/mol. The number of carbonyl (C=O) groups is 1. The van der Waals surface area contributed by atoms with Crippen LogP contribution in [0, 0.1) is 0 Å². The molecule has 26 heavy (non-hydrogen) atoms. The van der Waals surface area contributed by atoms with Gasteiger partial charge in [-0.1, -0.05) is 5.16 Å². The molecule has 0 aromatic carbocycles. The van der Waals surface area contributed by atoms with Crippen LogP contribution in [0.2, 0.25) is 0 Å². The Kier molecular flexibility index (Phi) is 4.40. The SMILES string of the molecule is Cn1c(C(F)(F)F)nn(CCNC(=O)c2cc(-c3ccco3)on2)c1=O. The third kappa shape index (κ3) is 3.38. The van der Waals surface area contributed by atoms with E-state index >= 15 is 0 Å². The average Bonchev–Trinajstić information content (AvgIpc) is 3.29. The Morgan fingerprint density at radius 1 is 1.35 bits per heavy atom. The van der Waals surface area contributed by atoms with E-state index in [9.17, 15) is 22.8 Å². The summed E-state index contributed by atoms with van der Waals surface area (Å²) in [4.78, 5) is 23.7. The van der Waals surface area contributed by atoms with E-state index in [1.54, 1.807) is 12.1 Å². The highest BCUT2D eigenvalue weighted by Crippen LogP contribution is 2.26. The zero-order chi connectivity index (χ0) is 18.9. The van der Waals surface area contributed by atoms with Crippen LogP contribution >= 0.6 is 0 Å². The summed E-state index contributed by atoms with van der Waals surface area (Å²) in [6, 6.07) is 4.61. The molecule has 0 aliphatic heterocycles. The second kappa shape index (κ2) is 6.54. The number of rotatable bonds is 5. The first-order valence-electron chi connectivity index (χ1n) is 7.27. The Bertz CT molecular complexity index is 968. The zero-order valence-corrected chi connectivity index (χ0v) is 13.3. The molecular formula is C14H12F3N5O4. The van der Waals surface area contributed by atoms with Crippen molar-refractivity contribution in [3.05, 3.63) is 46.5 Å². The number of nitrogens with one attached hydrogen (secondary N) is 1. The van der Waals surface area contributed by atoms with Crippen molar-refractivity contribution in [1.29, 1.82) is 0 Å². The number of hydrogen-bond acceptors (Lipinski definition) is 6. The first-order chi connectivity index (χ1) is 12.3. The van der Waals surface area contributed by atoms with Crippen molar-refractivity contribution >= 4 is 5.91 Å². The molecule has 0 radical (unpaired) electrons. The molecule has 3 rings (SSSR count). The van der Waals surface area contributed by atoms with Crippen LogP contribution in [-0.2, 0) is 19.8 Å². The van der Waals surface area contributed by atoms with E-state index in [-0.39, 0.29) is 24.5 Å². The summed E-state index contributed by atoms with van der Waals surface area (Å²) in [6.07, 6.45) is -3.32. The molecule has 0 spiro atoms. The van der Waals surface area contributed by atoms with Crippen LogP contribution < -0.4 is 11.0 Å². The standard InChI is InChI=1S/C14H12F3N5O4/c1-21-12(14(15,16)17)19-22(13(21)24)5-4-18-11(23)8-7-10(26-20-8)9-3-2-6-25-9/h2-3,6-7H,4-5H2,1H3,(H,18,23). The summed E-state index contributed by atoms with van der Waals surface area (Å²) < 4.78 is 49.2. The third-order valence-electron chi connectivity index (χ3n) is 3.41. The summed E-state index contributed by atoms with van der Waals surface area (Å²) in [7, 11) is 0.971. The molecule has 0 saturated carbocycles. The van der Waals surface area contributed by atoms with Crippen molar-refractivity contribution in [2.24, 2.45) is 7.05 Å². The molecule has 0 fully saturated rings. The van der Waals surface area contributed by atoms with Gasteiger partial charge < -0.3 is 14.3 Å². The molecule has 138 valence electrons. The van der Waals surface area contributed by atoms with Crippen molar-refractivity contribution in [2.45, 2.75) is 12.7 Å². The van der Waals surface area contributed by atoms with Crippen molar-refractivity contribution in [3.63, 3.8) is 0 Å². The predicted octanol–water partition coefficient (Wildman–Crippen LogP) is 1.28. The Balaban J connectivity index is 1.62. The molecule has 0 aliphatic carbocycles. The van der Waals surface area contributed by atoms with Crippen LogP contribution in [0.1, 0.15) is 16.3 Å². The van der Waals surface area contributed by atoms with E-state index in [0.29, 0.717) is 15.0 Å². The van der Waals surface area contributed by atoms with Crippen LogP contribution in [-0.4, -0.2) is 32.0 Å².